The summed E-state index contributed by atoms with van der Waals surface area (Å²) in [6.45, 7) is 8.12. The maximum atomic E-state index is 12.3. The third-order valence-electron chi connectivity index (χ3n) is 3.94. The lowest BCUT2D eigenvalue weighted by Crippen LogP contribution is -2.32. The molecule has 3 nitrogen and oxygen atoms in total. The van der Waals surface area contributed by atoms with Gasteiger partial charge in [-0.25, -0.2) is 4.79 Å². The lowest BCUT2D eigenvalue weighted by molar-refractivity contribution is -0.126. The Morgan fingerprint density at radius 1 is 1.05 bits per heavy atom. The summed E-state index contributed by atoms with van der Waals surface area (Å²) in [7, 11) is 0. The Bertz CT molecular complexity index is 465. The van der Waals surface area contributed by atoms with Crippen molar-refractivity contribution in [2.24, 2.45) is 11.8 Å². The van der Waals surface area contributed by atoms with Crippen LogP contribution in [-0.4, -0.2) is 17.9 Å². The van der Waals surface area contributed by atoms with Gasteiger partial charge in [-0.05, 0) is 30.9 Å². The number of ketones is 1. The highest BCUT2D eigenvalue weighted by Crippen LogP contribution is 2.23. The Kier molecular flexibility index (Phi) is 7.86. The Balaban J connectivity index is 2.80. The monoisotopic (exact) mass is 304 g/mol. The molecule has 0 aliphatic carbocycles. The number of hydrogen-bond acceptors (Lipinski definition) is 3. The summed E-state index contributed by atoms with van der Waals surface area (Å²) in [5, 5.41) is 0. The number of ether oxygens (including phenoxy) is 1. The summed E-state index contributed by atoms with van der Waals surface area (Å²) in [6.07, 6.45) is 2.56. The highest BCUT2D eigenvalue weighted by Gasteiger charge is 2.29. The Hall–Kier alpha value is -1.64. The van der Waals surface area contributed by atoms with Crippen LogP contribution in [0.4, 0.5) is 0 Å². The average Bonchev–Trinajstić information content (AvgIpc) is 2.53. The molecule has 0 saturated heterocycles. The molecule has 0 heterocycles. The van der Waals surface area contributed by atoms with E-state index in [1.54, 1.807) is 12.1 Å². The molecule has 0 amide bonds. The minimum atomic E-state index is -0.342. The van der Waals surface area contributed by atoms with E-state index in [0.29, 0.717) is 24.3 Å². The van der Waals surface area contributed by atoms with E-state index >= 15 is 0 Å². The highest BCUT2D eigenvalue weighted by molar-refractivity contribution is 5.90. The van der Waals surface area contributed by atoms with E-state index in [1.165, 1.54) is 0 Å². The van der Waals surface area contributed by atoms with Crippen LogP contribution in [0.1, 0.15) is 63.7 Å². The fraction of sp³-hybridized carbons (Fsp3) is 0.579. The number of benzene rings is 1. The van der Waals surface area contributed by atoms with Gasteiger partial charge in [-0.1, -0.05) is 52.3 Å². The first-order valence-corrected chi connectivity index (χ1v) is 8.28. The average molecular weight is 304 g/mol. The van der Waals surface area contributed by atoms with E-state index in [1.807, 2.05) is 32.0 Å². The van der Waals surface area contributed by atoms with Crippen molar-refractivity contribution in [2.75, 3.05) is 0 Å². The van der Waals surface area contributed by atoms with Crippen LogP contribution in [0.2, 0.25) is 0 Å². The van der Waals surface area contributed by atoms with Crippen molar-refractivity contribution in [1.82, 2.24) is 0 Å². The lowest BCUT2D eigenvalue weighted by Gasteiger charge is -2.25. The van der Waals surface area contributed by atoms with Crippen molar-refractivity contribution in [1.29, 1.82) is 0 Å². The van der Waals surface area contributed by atoms with Crippen molar-refractivity contribution in [3.63, 3.8) is 0 Å². The molecule has 1 rings (SSSR count). The van der Waals surface area contributed by atoms with Gasteiger partial charge in [0.05, 0.1) is 11.5 Å². The molecule has 0 spiro atoms. The maximum Gasteiger partial charge on any atom is 0.338 e. The van der Waals surface area contributed by atoms with Crippen LogP contribution in [0.25, 0.3) is 0 Å². The molecule has 0 aromatic heterocycles. The second-order valence-corrected chi connectivity index (χ2v) is 6.12. The molecular weight excluding hydrogens is 276 g/mol. The predicted molar refractivity (Wildman–Crippen MR) is 88.8 cm³/mol. The first-order chi connectivity index (χ1) is 10.5. The van der Waals surface area contributed by atoms with Crippen LogP contribution in [0.5, 0.6) is 0 Å². The van der Waals surface area contributed by atoms with E-state index in [-0.39, 0.29) is 23.8 Å². The van der Waals surface area contributed by atoms with Gasteiger partial charge < -0.3 is 4.74 Å². The molecule has 0 saturated carbocycles. The molecule has 1 aromatic carbocycles. The number of esters is 1. The van der Waals surface area contributed by atoms with Crippen molar-refractivity contribution in [3.8, 4) is 0 Å². The van der Waals surface area contributed by atoms with Gasteiger partial charge in [-0.3, -0.25) is 4.79 Å². The van der Waals surface area contributed by atoms with Gasteiger partial charge in [0.2, 0.25) is 0 Å². The van der Waals surface area contributed by atoms with Crippen LogP contribution in [-0.2, 0) is 9.53 Å². The fourth-order valence-corrected chi connectivity index (χ4v) is 2.56. The quantitative estimate of drug-likeness (QED) is 0.623. The minimum absolute atomic E-state index is 0.188. The summed E-state index contributed by atoms with van der Waals surface area (Å²) in [4.78, 5) is 24.5. The predicted octanol–water partition coefficient (Wildman–Crippen LogP) is 4.65. The molecule has 2 unspecified atom stereocenters. The van der Waals surface area contributed by atoms with Gasteiger partial charge in [0.1, 0.15) is 11.9 Å². The van der Waals surface area contributed by atoms with Gasteiger partial charge in [-0.2, -0.15) is 0 Å². The molecule has 0 bridgehead atoms. The van der Waals surface area contributed by atoms with Crippen LogP contribution in [0.3, 0.4) is 0 Å². The van der Waals surface area contributed by atoms with Crippen LogP contribution < -0.4 is 0 Å². The summed E-state index contributed by atoms with van der Waals surface area (Å²) >= 11 is 0. The molecule has 0 fully saturated rings. The largest absolute Gasteiger partial charge is 0.458 e. The number of hydrogen-bond donors (Lipinski definition) is 0. The van der Waals surface area contributed by atoms with E-state index in [0.717, 1.165) is 12.8 Å². The number of rotatable bonds is 9. The zero-order chi connectivity index (χ0) is 16.5. The summed E-state index contributed by atoms with van der Waals surface area (Å²) in [6, 6.07) is 8.95. The molecule has 122 valence electrons. The molecule has 0 radical (unpaired) electrons. The molecule has 3 heteroatoms. The van der Waals surface area contributed by atoms with Gasteiger partial charge in [0, 0.05) is 6.42 Å². The van der Waals surface area contributed by atoms with Crippen molar-refractivity contribution < 1.29 is 14.3 Å². The number of Topliss-reactive ketones (excluding diaryl/α,β-unsaturated/α-hetero) is 1. The van der Waals surface area contributed by atoms with Crippen LogP contribution >= 0.6 is 0 Å². The molecule has 1 aromatic rings. The summed E-state index contributed by atoms with van der Waals surface area (Å²) < 4.78 is 5.64. The minimum Gasteiger partial charge on any atom is -0.458 e. The second-order valence-electron chi connectivity index (χ2n) is 6.12. The smallest absolute Gasteiger partial charge is 0.338 e. The standard InChI is InChI=1S/C19H28O3/c1-5-17(20)16(13-12-14(3)4)18(6-2)22-19(21)15-10-8-7-9-11-15/h7-11,14,16,18H,5-6,12-13H2,1-4H3. The van der Waals surface area contributed by atoms with Crippen molar-refractivity contribution in [2.45, 2.75) is 59.5 Å². The van der Waals surface area contributed by atoms with Crippen LogP contribution in [0, 0.1) is 11.8 Å². The Morgan fingerprint density at radius 3 is 2.18 bits per heavy atom. The second kappa shape index (κ2) is 9.39. The first-order valence-electron chi connectivity index (χ1n) is 8.28. The molecule has 2 atom stereocenters. The molecule has 0 aliphatic rings. The topological polar surface area (TPSA) is 43.4 Å². The van der Waals surface area contributed by atoms with Crippen molar-refractivity contribution in [3.05, 3.63) is 35.9 Å². The third-order valence-corrected chi connectivity index (χ3v) is 3.94. The SMILES string of the molecule is CCC(=O)C(CCC(C)C)C(CC)OC(=O)c1ccccc1. The first kappa shape index (κ1) is 18.4. The van der Waals surface area contributed by atoms with Gasteiger partial charge in [0.15, 0.2) is 0 Å². The maximum absolute atomic E-state index is 12.3. The van der Waals surface area contributed by atoms with Crippen molar-refractivity contribution >= 4 is 11.8 Å². The van der Waals surface area contributed by atoms with E-state index < -0.39 is 0 Å². The van der Waals surface area contributed by atoms with Gasteiger partial charge in [-0.15, -0.1) is 0 Å². The summed E-state index contributed by atoms with van der Waals surface area (Å²) in [5.74, 6) is 0.193. The fourth-order valence-electron chi connectivity index (χ4n) is 2.56. The highest BCUT2D eigenvalue weighted by atomic mass is 16.5. The van der Waals surface area contributed by atoms with E-state index in [9.17, 15) is 9.59 Å². The van der Waals surface area contributed by atoms with Gasteiger partial charge in [0.25, 0.3) is 0 Å². The normalized spacial score (nSPS) is 13.7. The van der Waals surface area contributed by atoms with E-state index in [2.05, 4.69) is 13.8 Å². The molecule has 0 aliphatic heterocycles. The Morgan fingerprint density at radius 2 is 1.68 bits per heavy atom. The number of carbonyl (C=O) groups excluding carboxylic acids is 2. The van der Waals surface area contributed by atoms with E-state index in [4.69, 9.17) is 4.74 Å². The lowest BCUT2D eigenvalue weighted by atomic mass is 9.87. The third kappa shape index (κ3) is 5.63. The Labute approximate surface area is 134 Å². The molecule has 22 heavy (non-hydrogen) atoms. The zero-order valence-corrected chi connectivity index (χ0v) is 14.2. The van der Waals surface area contributed by atoms with Gasteiger partial charge >= 0.3 is 5.97 Å². The zero-order valence-electron chi connectivity index (χ0n) is 14.2. The molecule has 0 N–H and O–H groups in total. The molecular formula is C19H28O3. The number of carbonyl (C=O) groups is 2. The summed E-state index contributed by atoms with van der Waals surface area (Å²) in [5.41, 5.74) is 0.535. The van der Waals surface area contributed by atoms with Crippen LogP contribution in [0.15, 0.2) is 30.3 Å².